The number of pyridine rings is 1. The van der Waals surface area contributed by atoms with Crippen LogP contribution in [0.5, 0.6) is 17.6 Å². The summed E-state index contributed by atoms with van der Waals surface area (Å²) >= 11 is 0. The lowest BCUT2D eigenvalue weighted by molar-refractivity contribution is 0.107. The van der Waals surface area contributed by atoms with E-state index in [0.717, 1.165) is 19.4 Å². The predicted octanol–water partition coefficient (Wildman–Crippen LogP) is 11.9. The van der Waals surface area contributed by atoms with Gasteiger partial charge in [-0.25, -0.2) is 18.2 Å². The van der Waals surface area contributed by atoms with Gasteiger partial charge in [0, 0.05) is 23.9 Å². The molecule has 0 N–H and O–H groups in total. The fourth-order valence-corrected chi connectivity index (χ4v) is 22.3. The summed E-state index contributed by atoms with van der Waals surface area (Å²) in [6.45, 7) is 28.2. The molecule has 2 aromatic carbocycles. The SMILES string of the molecule is CC(C)[Si](C#Cc1c(F)ccc2cc(O[Si](C(C)C)(C(C)C)C(C)C)cc(-c3nc4c5c(nc(OC[C@@]67CCCN6C[C@H](F)C7)nc5c3F)N(CC#N)CCO4)c12)(C(C)C)C(C)C. The zero-order chi connectivity index (χ0) is 45.8. The molecule has 0 saturated carbocycles. The first kappa shape index (κ1) is 46.6. The second-order valence-electron chi connectivity index (χ2n) is 20.0. The fourth-order valence-electron chi connectivity index (χ4n) is 11.9. The van der Waals surface area contributed by atoms with Crippen molar-refractivity contribution >= 4 is 43.9 Å². The Morgan fingerprint density at radius 3 is 2.21 bits per heavy atom. The van der Waals surface area contributed by atoms with Gasteiger partial charge in [0.1, 0.15) is 68.0 Å². The van der Waals surface area contributed by atoms with E-state index in [9.17, 15) is 9.65 Å². The minimum atomic E-state index is -2.55. The largest absolute Gasteiger partial charge is 0.543 e. The highest BCUT2D eigenvalue weighted by atomic mass is 28.4. The molecule has 14 heteroatoms. The van der Waals surface area contributed by atoms with Crippen LogP contribution >= 0.6 is 0 Å². The van der Waals surface area contributed by atoms with Crippen LogP contribution < -0.4 is 18.8 Å². The van der Waals surface area contributed by atoms with Crippen LogP contribution in [0.1, 0.15) is 108 Å². The van der Waals surface area contributed by atoms with Gasteiger partial charge in [0.2, 0.25) is 5.88 Å². The second-order valence-corrected chi connectivity index (χ2v) is 30.9. The van der Waals surface area contributed by atoms with Crippen molar-refractivity contribution in [2.45, 2.75) is 147 Å². The molecule has 0 amide bonds. The maximum absolute atomic E-state index is 18.1. The zero-order valence-electron chi connectivity index (χ0n) is 39.3. The maximum atomic E-state index is 18.1. The third kappa shape index (κ3) is 8.07. The van der Waals surface area contributed by atoms with E-state index in [0.29, 0.717) is 51.7 Å². The molecule has 3 aliphatic rings. The van der Waals surface area contributed by atoms with E-state index in [4.69, 9.17) is 28.9 Å². The molecule has 0 radical (unpaired) electrons. The molecule has 2 saturated heterocycles. The van der Waals surface area contributed by atoms with Gasteiger partial charge in [-0.2, -0.15) is 15.2 Å². The second kappa shape index (κ2) is 17.9. The average molecular weight is 899 g/mol. The highest BCUT2D eigenvalue weighted by Gasteiger charge is 2.50. The number of aromatic nitrogens is 3. The number of halogens is 3. The van der Waals surface area contributed by atoms with Crippen LogP contribution in [0, 0.1) is 34.4 Å². The summed E-state index contributed by atoms with van der Waals surface area (Å²) < 4.78 is 69.4. The topological polar surface area (TPSA) is 96.6 Å². The van der Waals surface area contributed by atoms with Crippen LogP contribution in [0.2, 0.25) is 33.2 Å². The standard InChI is InChI=1S/C49H65F3N6O3Si2/c1-29(2)62(30(3)4,31(5)6)23-16-38-40(51)15-14-35-24-37(61-63(32(7)8,33(9)10)34(11)12)25-39(41(35)38)44-43(52)45-42-46(57(20-18-53)21-22-59-47(42)54-44)56-48(55-45)60-28-49-17-13-19-58(49)27-36(50)26-49/h14-15,24-25,29-34,36H,13,17,19-22,26-28H2,1-12H3/t36-,49+/m1/s1. The molecular weight excluding hydrogens is 834 g/mol. The third-order valence-electron chi connectivity index (χ3n) is 14.7. The minimum absolute atomic E-state index is 0.0502. The van der Waals surface area contributed by atoms with Crippen LogP contribution in [0.4, 0.5) is 19.0 Å². The van der Waals surface area contributed by atoms with Crippen molar-refractivity contribution in [2.24, 2.45) is 0 Å². The third-order valence-corrected chi connectivity index (χ3v) is 27.0. The fraction of sp³-hybridized carbons (Fsp3) is 0.592. The zero-order valence-corrected chi connectivity index (χ0v) is 41.3. The molecule has 338 valence electrons. The summed E-state index contributed by atoms with van der Waals surface area (Å²) in [4.78, 5) is 18.2. The first-order chi connectivity index (χ1) is 29.8. The van der Waals surface area contributed by atoms with Crippen molar-refractivity contribution in [3.05, 3.63) is 41.5 Å². The monoisotopic (exact) mass is 898 g/mol. The lowest BCUT2D eigenvalue weighted by atomic mass is 9.95. The summed E-state index contributed by atoms with van der Waals surface area (Å²) in [5.74, 6) is 2.99. The van der Waals surface area contributed by atoms with E-state index in [2.05, 4.69) is 106 Å². The molecule has 0 spiro atoms. The van der Waals surface area contributed by atoms with Gasteiger partial charge < -0.3 is 18.8 Å². The molecule has 0 aliphatic carbocycles. The molecule has 63 heavy (non-hydrogen) atoms. The number of fused-ring (bicyclic) bond motifs is 2. The normalized spacial score (nSPS) is 19.4. The molecule has 5 heterocycles. The minimum Gasteiger partial charge on any atom is -0.543 e. The maximum Gasteiger partial charge on any atom is 0.319 e. The van der Waals surface area contributed by atoms with E-state index < -0.39 is 39.7 Å². The number of benzene rings is 2. The van der Waals surface area contributed by atoms with Gasteiger partial charge in [-0.05, 0) is 76.2 Å². The number of nitriles is 1. The first-order valence-electron chi connectivity index (χ1n) is 23.0. The van der Waals surface area contributed by atoms with E-state index in [1.165, 1.54) is 6.07 Å². The highest BCUT2D eigenvalue weighted by molar-refractivity contribution is 6.90. The van der Waals surface area contributed by atoms with Gasteiger partial charge in [-0.15, -0.1) is 5.54 Å². The molecule has 2 atom stereocenters. The molecule has 4 aromatic rings. The number of ether oxygens (including phenoxy) is 2. The number of hydrogen-bond donors (Lipinski definition) is 0. The summed E-state index contributed by atoms with van der Waals surface area (Å²) in [5, 5.41) is 11.1. The quantitative estimate of drug-likeness (QED) is 0.0738. The van der Waals surface area contributed by atoms with Gasteiger partial charge in [-0.1, -0.05) is 95.1 Å². The summed E-state index contributed by atoms with van der Waals surface area (Å²) in [5.41, 5.74) is 5.10. The van der Waals surface area contributed by atoms with Gasteiger partial charge in [-0.3, -0.25) is 4.90 Å². The van der Waals surface area contributed by atoms with Gasteiger partial charge in [0.25, 0.3) is 8.32 Å². The van der Waals surface area contributed by atoms with Crippen LogP contribution in [0.25, 0.3) is 32.9 Å². The van der Waals surface area contributed by atoms with Crippen LogP contribution in [0.15, 0.2) is 24.3 Å². The van der Waals surface area contributed by atoms with Crippen molar-refractivity contribution in [2.75, 3.05) is 44.3 Å². The Kier molecular flexibility index (Phi) is 13.2. The Morgan fingerprint density at radius 2 is 1.57 bits per heavy atom. The van der Waals surface area contributed by atoms with E-state index >= 15 is 8.78 Å². The molecule has 3 aliphatic heterocycles. The van der Waals surface area contributed by atoms with Gasteiger partial charge in [0.15, 0.2) is 5.82 Å². The van der Waals surface area contributed by atoms with Crippen LogP contribution in [-0.4, -0.2) is 87.3 Å². The Morgan fingerprint density at radius 1 is 0.889 bits per heavy atom. The molecule has 9 nitrogen and oxygen atoms in total. The number of alkyl halides is 1. The summed E-state index contributed by atoms with van der Waals surface area (Å²) in [6, 6.07) is 8.98. The van der Waals surface area contributed by atoms with E-state index in [1.54, 1.807) is 17.0 Å². The van der Waals surface area contributed by atoms with Crippen molar-refractivity contribution in [1.29, 1.82) is 5.26 Å². The van der Waals surface area contributed by atoms with Crippen molar-refractivity contribution in [3.63, 3.8) is 0 Å². The number of nitrogens with zero attached hydrogens (tertiary/aromatic N) is 6. The lowest BCUT2D eigenvalue weighted by Gasteiger charge is -2.42. The van der Waals surface area contributed by atoms with Crippen molar-refractivity contribution in [1.82, 2.24) is 19.9 Å². The predicted molar refractivity (Wildman–Crippen MR) is 252 cm³/mol. The summed E-state index contributed by atoms with van der Waals surface area (Å²) in [6.07, 6.45) is 1.07. The Balaban J connectivity index is 1.52. The van der Waals surface area contributed by atoms with Crippen molar-refractivity contribution in [3.8, 4) is 46.4 Å². The van der Waals surface area contributed by atoms with E-state index in [1.807, 2.05) is 6.07 Å². The van der Waals surface area contributed by atoms with Gasteiger partial charge >= 0.3 is 6.01 Å². The molecule has 0 bridgehead atoms. The number of rotatable bonds is 13. The molecule has 2 fully saturated rings. The van der Waals surface area contributed by atoms with E-state index in [-0.39, 0.29) is 82.8 Å². The molecule has 7 rings (SSSR count). The smallest absolute Gasteiger partial charge is 0.319 e. The molecular formula is C49H65F3N6O3Si2. The lowest BCUT2D eigenvalue weighted by Crippen LogP contribution is -2.50. The first-order valence-corrected chi connectivity index (χ1v) is 27.3. The molecule has 2 aromatic heterocycles. The summed E-state index contributed by atoms with van der Waals surface area (Å²) in [7, 11) is -4.90. The van der Waals surface area contributed by atoms with Crippen LogP contribution in [-0.2, 0) is 0 Å². The average Bonchev–Trinajstić information content (AvgIpc) is 3.68. The number of hydrogen-bond acceptors (Lipinski definition) is 9. The molecule has 0 unspecified atom stereocenters. The Hall–Kier alpha value is -4.38. The van der Waals surface area contributed by atoms with Gasteiger partial charge in [0.05, 0.1) is 23.7 Å². The Labute approximate surface area is 374 Å². The number of anilines is 1. The Bertz CT molecular complexity index is 2440. The van der Waals surface area contributed by atoms with Crippen molar-refractivity contribution < 1.29 is 27.1 Å². The van der Waals surface area contributed by atoms with Crippen LogP contribution in [0.3, 0.4) is 0 Å². The highest BCUT2D eigenvalue weighted by Crippen LogP contribution is 2.48.